The maximum Gasteiger partial charge on any atom is 0.251 e. The van der Waals surface area contributed by atoms with Gasteiger partial charge in [-0.2, -0.15) is 0 Å². The minimum Gasteiger partial charge on any atom is -0.490 e. The van der Waals surface area contributed by atoms with E-state index in [1.807, 2.05) is 27.7 Å². The number of hydrogen-bond acceptors (Lipinski definition) is 5. The highest BCUT2D eigenvalue weighted by Gasteiger charge is 2.18. The van der Waals surface area contributed by atoms with Gasteiger partial charge >= 0.3 is 0 Å². The fourth-order valence-corrected chi connectivity index (χ4v) is 2.04. The molecule has 0 aromatic heterocycles. The van der Waals surface area contributed by atoms with Crippen LogP contribution in [0.4, 0.5) is 0 Å². The van der Waals surface area contributed by atoms with E-state index in [-0.39, 0.29) is 24.4 Å². The summed E-state index contributed by atoms with van der Waals surface area (Å²) >= 11 is 0. The molecule has 0 aliphatic heterocycles. The summed E-state index contributed by atoms with van der Waals surface area (Å²) in [5.41, 5.74) is 6.17. The fraction of sp³-hybridized carbons (Fsp3) is 0.588. The van der Waals surface area contributed by atoms with Crippen LogP contribution in [0, 0.1) is 0 Å². The predicted molar refractivity (Wildman–Crippen MR) is 97.8 cm³/mol. The van der Waals surface area contributed by atoms with Crippen molar-refractivity contribution in [3.63, 3.8) is 0 Å². The van der Waals surface area contributed by atoms with Gasteiger partial charge in [0.15, 0.2) is 11.5 Å². The summed E-state index contributed by atoms with van der Waals surface area (Å²) in [4.78, 5) is 12.3. The number of rotatable bonds is 10. The van der Waals surface area contributed by atoms with E-state index < -0.39 is 0 Å². The van der Waals surface area contributed by atoms with Crippen LogP contribution in [0.25, 0.3) is 0 Å². The second-order valence-corrected chi connectivity index (χ2v) is 5.12. The van der Waals surface area contributed by atoms with Crippen LogP contribution in [-0.4, -0.2) is 38.3 Å². The highest BCUT2D eigenvalue weighted by Crippen LogP contribution is 2.39. The van der Waals surface area contributed by atoms with Crippen LogP contribution in [0.15, 0.2) is 12.1 Å². The van der Waals surface area contributed by atoms with Gasteiger partial charge in [0.1, 0.15) is 0 Å². The summed E-state index contributed by atoms with van der Waals surface area (Å²) in [6, 6.07) is 3.41. The van der Waals surface area contributed by atoms with Crippen molar-refractivity contribution in [1.82, 2.24) is 5.32 Å². The van der Waals surface area contributed by atoms with E-state index in [1.54, 1.807) is 12.1 Å². The van der Waals surface area contributed by atoms with Crippen LogP contribution in [0.1, 0.15) is 44.5 Å². The SMILES string of the molecule is CCOc1cc(C(=O)NCCC(C)N)cc(OCC)c1OCC.Cl. The summed E-state index contributed by atoms with van der Waals surface area (Å²) in [7, 11) is 0. The largest absolute Gasteiger partial charge is 0.490 e. The van der Waals surface area contributed by atoms with Crippen LogP contribution in [0.5, 0.6) is 17.2 Å². The van der Waals surface area contributed by atoms with Crippen molar-refractivity contribution in [3.05, 3.63) is 17.7 Å². The zero-order valence-electron chi connectivity index (χ0n) is 14.9. The van der Waals surface area contributed by atoms with E-state index in [2.05, 4.69) is 5.32 Å². The third-order valence-corrected chi connectivity index (χ3v) is 3.06. The number of halogens is 1. The molecule has 1 amide bonds. The Bertz CT molecular complexity index is 482. The van der Waals surface area contributed by atoms with Crippen LogP contribution >= 0.6 is 12.4 Å². The maximum atomic E-state index is 12.3. The molecular formula is C17H29ClN2O4. The van der Waals surface area contributed by atoms with Crippen molar-refractivity contribution in [2.75, 3.05) is 26.4 Å². The topological polar surface area (TPSA) is 82.8 Å². The molecule has 138 valence electrons. The second kappa shape index (κ2) is 11.8. The Kier molecular flexibility index (Phi) is 11.0. The first-order valence-corrected chi connectivity index (χ1v) is 8.13. The van der Waals surface area contributed by atoms with Gasteiger partial charge in [0.05, 0.1) is 19.8 Å². The zero-order valence-corrected chi connectivity index (χ0v) is 15.7. The molecule has 0 aliphatic carbocycles. The van der Waals surface area contributed by atoms with Crippen molar-refractivity contribution >= 4 is 18.3 Å². The van der Waals surface area contributed by atoms with Gasteiger partial charge in [0.25, 0.3) is 5.91 Å². The maximum absolute atomic E-state index is 12.3. The lowest BCUT2D eigenvalue weighted by molar-refractivity contribution is 0.0951. The lowest BCUT2D eigenvalue weighted by Gasteiger charge is -2.17. The van der Waals surface area contributed by atoms with Gasteiger partial charge in [-0.25, -0.2) is 0 Å². The normalized spacial score (nSPS) is 11.2. The highest BCUT2D eigenvalue weighted by atomic mass is 35.5. The molecule has 1 atom stereocenters. The summed E-state index contributed by atoms with van der Waals surface area (Å²) in [5, 5.41) is 2.85. The van der Waals surface area contributed by atoms with Crippen molar-refractivity contribution in [3.8, 4) is 17.2 Å². The Morgan fingerprint density at radius 1 is 1.08 bits per heavy atom. The molecule has 1 aromatic carbocycles. The minimum atomic E-state index is -0.185. The molecule has 1 aromatic rings. The van der Waals surface area contributed by atoms with E-state index >= 15 is 0 Å². The Balaban J connectivity index is 0.00000529. The Labute approximate surface area is 150 Å². The molecule has 0 heterocycles. The number of benzene rings is 1. The van der Waals surface area contributed by atoms with Crippen LogP contribution in [-0.2, 0) is 0 Å². The lowest BCUT2D eigenvalue weighted by atomic mass is 10.1. The standard InChI is InChI=1S/C17H28N2O4.ClH/c1-5-21-14-10-13(17(20)19-9-8-12(4)18)11-15(22-6-2)16(14)23-7-3;/h10-12H,5-9,18H2,1-4H3,(H,19,20);1H. The molecule has 0 saturated carbocycles. The number of nitrogens with one attached hydrogen (secondary N) is 1. The molecule has 6 nitrogen and oxygen atoms in total. The molecule has 0 saturated heterocycles. The van der Waals surface area contributed by atoms with E-state index in [4.69, 9.17) is 19.9 Å². The molecule has 1 rings (SSSR count). The molecule has 0 aliphatic rings. The van der Waals surface area contributed by atoms with Crippen molar-refractivity contribution in [2.45, 2.75) is 40.2 Å². The third kappa shape index (κ3) is 6.84. The average Bonchev–Trinajstić information content (AvgIpc) is 2.50. The number of ether oxygens (including phenoxy) is 3. The zero-order chi connectivity index (χ0) is 17.2. The number of nitrogens with two attached hydrogens (primary N) is 1. The molecule has 3 N–H and O–H groups in total. The molecule has 0 bridgehead atoms. The van der Waals surface area contributed by atoms with E-state index in [0.29, 0.717) is 49.2 Å². The molecule has 1 unspecified atom stereocenters. The van der Waals surface area contributed by atoms with Crippen molar-refractivity contribution in [1.29, 1.82) is 0 Å². The van der Waals surface area contributed by atoms with Gasteiger partial charge in [-0.15, -0.1) is 12.4 Å². The number of amides is 1. The number of carbonyl (C=O) groups is 1. The summed E-state index contributed by atoms with van der Waals surface area (Å²) in [6.07, 6.45) is 0.722. The van der Waals surface area contributed by atoms with Gasteiger partial charge in [-0.3, -0.25) is 4.79 Å². The first kappa shape index (κ1) is 22.3. The fourth-order valence-electron chi connectivity index (χ4n) is 2.04. The summed E-state index contributed by atoms with van der Waals surface area (Å²) in [6.45, 7) is 9.51. The third-order valence-electron chi connectivity index (χ3n) is 3.06. The monoisotopic (exact) mass is 360 g/mol. The molecule has 0 radical (unpaired) electrons. The van der Waals surface area contributed by atoms with Crippen LogP contribution in [0.3, 0.4) is 0 Å². The van der Waals surface area contributed by atoms with Gasteiger partial charge < -0.3 is 25.3 Å². The average molecular weight is 361 g/mol. The molecule has 7 heteroatoms. The quantitative estimate of drug-likeness (QED) is 0.670. The first-order valence-electron chi connectivity index (χ1n) is 8.13. The van der Waals surface area contributed by atoms with E-state index in [9.17, 15) is 4.79 Å². The van der Waals surface area contributed by atoms with Gasteiger partial charge in [0, 0.05) is 18.2 Å². The summed E-state index contributed by atoms with van der Waals surface area (Å²) < 4.78 is 16.8. The van der Waals surface area contributed by atoms with Crippen molar-refractivity contribution < 1.29 is 19.0 Å². The van der Waals surface area contributed by atoms with Gasteiger partial charge in [-0.1, -0.05) is 0 Å². The predicted octanol–water partition coefficient (Wildman–Crippen LogP) is 2.77. The number of carbonyl (C=O) groups excluding carboxylic acids is 1. The van der Waals surface area contributed by atoms with Gasteiger partial charge in [-0.05, 0) is 46.2 Å². The first-order chi connectivity index (χ1) is 11.0. The van der Waals surface area contributed by atoms with Crippen LogP contribution in [0.2, 0.25) is 0 Å². The van der Waals surface area contributed by atoms with E-state index in [0.717, 1.165) is 6.42 Å². The molecule has 0 fully saturated rings. The number of hydrogen-bond donors (Lipinski definition) is 2. The van der Waals surface area contributed by atoms with Gasteiger partial charge in [0.2, 0.25) is 5.75 Å². The second-order valence-electron chi connectivity index (χ2n) is 5.12. The summed E-state index contributed by atoms with van der Waals surface area (Å²) in [5.74, 6) is 1.37. The minimum absolute atomic E-state index is 0. The van der Waals surface area contributed by atoms with Crippen LogP contribution < -0.4 is 25.3 Å². The molecular weight excluding hydrogens is 332 g/mol. The Hall–Kier alpha value is -1.66. The molecule has 0 spiro atoms. The highest BCUT2D eigenvalue weighted by molar-refractivity contribution is 5.95. The molecule has 24 heavy (non-hydrogen) atoms. The Morgan fingerprint density at radius 3 is 2.00 bits per heavy atom. The Morgan fingerprint density at radius 2 is 1.58 bits per heavy atom. The smallest absolute Gasteiger partial charge is 0.251 e. The van der Waals surface area contributed by atoms with E-state index in [1.165, 1.54) is 0 Å². The van der Waals surface area contributed by atoms with Crippen molar-refractivity contribution in [2.24, 2.45) is 5.73 Å². The lowest BCUT2D eigenvalue weighted by Crippen LogP contribution is -2.29.